The number of aliphatic carboxylic acids is 2. The summed E-state index contributed by atoms with van der Waals surface area (Å²) in [7, 11) is 3.67. The normalized spacial score (nSPS) is 19.8. The molecule has 256 valence electrons. The molecule has 2 atom stereocenters. The van der Waals surface area contributed by atoms with Gasteiger partial charge in [-0.3, -0.25) is 19.4 Å². The van der Waals surface area contributed by atoms with Crippen molar-refractivity contribution in [3.05, 3.63) is 77.9 Å². The van der Waals surface area contributed by atoms with Gasteiger partial charge in [0.1, 0.15) is 5.75 Å². The second kappa shape index (κ2) is 15.3. The highest BCUT2D eigenvalue weighted by Crippen LogP contribution is 2.49. The van der Waals surface area contributed by atoms with E-state index in [4.69, 9.17) is 24.5 Å². The average molecular weight is 674 g/mol. The van der Waals surface area contributed by atoms with Crippen molar-refractivity contribution in [2.45, 2.75) is 44.2 Å². The van der Waals surface area contributed by atoms with Gasteiger partial charge in [0.15, 0.2) is 0 Å². The van der Waals surface area contributed by atoms with E-state index in [-0.39, 0.29) is 11.8 Å². The Kier molecular flexibility index (Phi) is 12.0. The second-order valence-corrected chi connectivity index (χ2v) is 10.9. The first kappa shape index (κ1) is 36.8. The molecule has 2 fully saturated rings. The number of carboxylic acids is 2. The number of ether oxygens (including phenoxy) is 1. The number of halogens is 6. The zero-order valence-corrected chi connectivity index (χ0v) is 25.3. The fraction of sp³-hybridized carbons (Fsp3) is 0.433. The molecule has 2 saturated heterocycles. The molecule has 2 aliphatic rings. The minimum absolute atomic E-state index is 0.121. The maximum Gasteiger partial charge on any atom is 0.490 e. The monoisotopic (exact) mass is 673 g/mol. The number of carboxylic acid groups (broad SMARTS) is 2. The third kappa shape index (κ3) is 9.67. The van der Waals surface area contributed by atoms with Crippen LogP contribution in [0.4, 0.5) is 26.3 Å². The Labute approximate surface area is 265 Å². The number of hydrogen-bond acceptors (Lipinski definition) is 7. The molecule has 0 radical (unpaired) electrons. The molecule has 2 N–H and O–H groups in total. The number of aryl methyl sites for hydroxylation is 1. The maximum absolute atomic E-state index is 14.1. The maximum atomic E-state index is 14.1. The molecule has 0 aliphatic carbocycles. The number of alkyl halides is 6. The smallest absolute Gasteiger partial charge is 0.490 e. The van der Waals surface area contributed by atoms with Crippen molar-refractivity contribution in [1.82, 2.24) is 24.6 Å². The fourth-order valence-corrected chi connectivity index (χ4v) is 5.66. The van der Waals surface area contributed by atoms with E-state index in [1.54, 1.807) is 19.5 Å². The van der Waals surface area contributed by atoms with Crippen molar-refractivity contribution in [3.8, 4) is 5.75 Å². The summed E-state index contributed by atoms with van der Waals surface area (Å²) < 4.78 is 70.7. The Morgan fingerprint density at radius 1 is 0.915 bits per heavy atom. The molecule has 2 aliphatic heterocycles. The largest absolute Gasteiger partial charge is 0.497 e. The third-order valence-electron chi connectivity index (χ3n) is 7.77. The first-order valence-corrected chi connectivity index (χ1v) is 14.1. The van der Waals surface area contributed by atoms with Gasteiger partial charge in [-0.25, -0.2) is 9.59 Å². The number of benzene rings is 1. The van der Waals surface area contributed by atoms with Crippen LogP contribution in [0.1, 0.15) is 35.6 Å². The summed E-state index contributed by atoms with van der Waals surface area (Å²) in [6, 6.07) is 14.3. The highest BCUT2D eigenvalue weighted by molar-refractivity contribution is 5.85. The molecule has 5 rings (SSSR count). The zero-order valence-electron chi connectivity index (χ0n) is 25.3. The molecule has 1 aromatic carbocycles. The van der Waals surface area contributed by atoms with Gasteiger partial charge < -0.3 is 19.8 Å². The Morgan fingerprint density at radius 2 is 1.47 bits per heavy atom. The summed E-state index contributed by atoms with van der Waals surface area (Å²) in [5.41, 5.74) is 3.08. The van der Waals surface area contributed by atoms with Gasteiger partial charge in [0.25, 0.3) is 0 Å². The minimum atomic E-state index is -5.08. The van der Waals surface area contributed by atoms with E-state index < -0.39 is 29.7 Å². The lowest BCUT2D eigenvalue weighted by Crippen LogP contribution is -2.52. The summed E-state index contributed by atoms with van der Waals surface area (Å²) in [6.07, 6.45) is -2.80. The van der Waals surface area contributed by atoms with Gasteiger partial charge in [0.05, 0.1) is 12.5 Å². The van der Waals surface area contributed by atoms with Gasteiger partial charge in [-0.2, -0.15) is 31.4 Å². The van der Waals surface area contributed by atoms with Crippen LogP contribution in [-0.4, -0.2) is 91.7 Å². The van der Waals surface area contributed by atoms with Gasteiger partial charge in [-0.1, -0.05) is 12.1 Å². The molecule has 47 heavy (non-hydrogen) atoms. The van der Waals surface area contributed by atoms with Crippen LogP contribution in [-0.2, 0) is 34.5 Å². The van der Waals surface area contributed by atoms with Crippen LogP contribution in [0.25, 0.3) is 0 Å². The molecule has 0 saturated carbocycles. The number of pyridine rings is 1. The van der Waals surface area contributed by atoms with Crippen molar-refractivity contribution in [2.24, 2.45) is 12.5 Å². The molecular formula is C30H33F6N5O6. The molecular weight excluding hydrogens is 640 g/mol. The number of methoxy groups -OCH3 is 1. The molecule has 0 bridgehead atoms. The van der Waals surface area contributed by atoms with Crippen molar-refractivity contribution in [2.75, 3.05) is 26.7 Å². The number of likely N-dealkylation sites (tertiary alicyclic amines) is 2. The first-order chi connectivity index (χ1) is 22.0. The average Bonchev–Trinajstić information content (AvgIpc) is 3.59. The number of hydrogen-bond donors (Lipinski definition) is 2. The molecule has 2 aromatic heterocycles. The first-order valence-electron chi connectivity index (χ1n) is 14.1. The topological polar surface area (TPSA) is 138 Å². The zero-order chi connectivity index (χ0) is 35.0. The van der Waals surface area contributed by atoms with E-state index >= 15 is 0 Å². The molecule has 3 aromatic rings. The molecule has 1 amide bonds. The van der Waals surface area contributed by atoms with Gasteiger partial charge >= 0.3 is 24.3 Å². The third-order valence-corrected chi connectivity index (χ3v) is 7.77. The van der Waals surface area contributed by atoms with Crippen LogP contribution in [0.2, 0.25) is 0 Å². The number of nitrogens with zero attached hydrogens (tertiary/aromatic N) is 5. The standard InChI is InChI=1S/C26H31N5O2.2C2HF3O2/c1-29-24(10-14-28-29)23-18-30(16-20-4-6-22(33-2)7-5-20)19-26(23)11-3-15-31(25(26)32)17-21-8-12-27-13-9-21;2*3-2(4,5)1(6)7/h4-10,12-14,23H,3,11,15-19H2,1-2H3;2*(H,6,7)/t23-,26+;;/m0../s1. The SMILES string of the molecule is COc1ccc(CN2C[C@@H](c3ccnn3C)[C@@]3(CCCN(Cc4ccncc4)C3=O)C2)cc1.O=C(O)C(F)(F)F.O=C(O)C(F)(F)F. The van der Waals surface area contributed by atoms with Crippen molar-refractivity contribution < 1.29 is 55.7 Å². The van der Waals surface area contributed by atoms with E-state index in [9.17, 15) is 31.1 Å². The Bertz CT molecular complexity index is 1480. The predicted octanol–water partition coefficient (Wildman–Crippen LogP) is 4.50. The van der Waals surface area contributed by atoms with Crippen molar-refractivity contribution >= 4 is 17.8 Å². The summed E-state index contributed by atoms with van der Waals surface area (Å²) in [5, 5.41) is 18.7. The van der Waals surface area contributed by atoms with Crippen LogP contribution in [0.3, 0.4) is 0 Å². The van der Waals surface area contributed by atoms with E-state index in [0.29, 0.717) is 6.54 Å². The lowest BCUT2D eigenvalue weighted by atomic mass is 9.70. The van der Waals surface area contributed by atoms with Crippen LogP contribution in [0, 0.1) is 5.41 Å². The van der Waals surface area contributed by atoms with Gasteiger partial charge in [0, 0.05) is 70.0 Å². The Balaban J connectivity index is 0.000000360. The van der Waals surface area contributed by atoms with Crippen LogP contribution in [0.5, 0.6) is 5.75 Å². The number of amides is 1. The molecule has 11 nitrogen and oxygen atoms in total. The van der Waals surface area contributed by atoms with Gasteiger partial charge in [-0.15, -0.1) is 0 Å². The van der Waals surface area contributed by atoms with Gasteiger partial charge in [-0.05, 0) is 54.3 Å². The summed E-state index contributed by atoms with van der Waals surface area (Å²) in [6.45, 7) is 3.87. The highest BCUT2D eigenvalue weighted by atomic mass is 19.4. The van der Waals surface area contributed by atoms with Crippen molar-refractivity contribution in [1.29, 1.82) is 0 Å². The number of aromatic nitrogens is 3. The number of carbonyl (C=O) groups is 3. The molecule has 0 unspecified atom stereocenters. The van der Waals surface area contributed by atoms with Crippen molar-refractivity contribution in [3.63, 3.8) is 0 Å². The summed E-state index contributed by atoms with van der Waals surface area (Å²) >= 11 is 0. The minimum Gasteiger partial charge on any atom is -0.497 e. The lowest BCUT2D eigenvalue weighted by Gasteiger charge is -2.42. The van der Waals surface area contributed by atoms with Gasteiger partial charge in [0.2, 0.25) is 5.91 Å². The quantitative estimate of drug-likeness (QED) is 0.363. The molecule has 17 heteroatoms. The van der Waals surface area contributed by atoms with E-state index in [1.165, 1.54) is 5.56 Å². The molecule has 1 spiro atoms. The van der Waals surface area contributed by atoms with E-state index in [2.05, 4.69) is 38.1 Å². The van der Waals surface area contributed by atoms with E-state index in [1.807, 2.05) is 42.2 Å². The number of carbonyl (C=O) groups excluding carboxylic acids is 1. The number of piperidine rings is 1. The summed E-state index contributed by atoms with van der Waals surface area (Å²) in [5.74, 6) is -4.26. The van der Waals surface area contributed by atoms with Crippen LogP contribution in [0.15, 0.2) is 61.1 Å². The lowest BCUT2D eigenvalue weighted by molar-refractivity contribution is -0.193. The molecule has 4 heterocycles. The highest BCUT2D eigenvalue weighted by Gasteiger charge is 2.55. The Morgan fingerprint density at radius 3 is 1.96 bits per heavy atom. The summed E-state index contributed by atoms with van der Waals surface area (Å²) in [4.78, 5) is 40.5. The predicted molar refractivity (Wildman–Crippen MR) is 153 cm³/mol. The Hall–Kier alpha value is -4.67. The number of rotatable bonds is 6. The van der Waals surface area contributed by atoms with Crippen LogP contribution >= 0.6 is 0 Å². The van der Waals surface area contributed by atoms with E-state index in [0.717, 1.165) is 56.0 Å². The fourth-order valence-electron chi connectivity index (χ4n) is 5.66. The van der Waals surface area contributed by atoms with Crippen LogP contribution < -0.4 is 4.74 Å². The second-order valence-electron chi connectivity index (χ2n) is 10.9.